The highest BCUT2D eigenvalue weighted by molar-refractivity contribution is 5.16. The fourth-order valence-electron chi connectivity index (χ4n) is 2.37. The van der Waals surface area contributed by atoms with E-state index in [4.69, 9.17) is 0 Å². The molecule has 1 fully saturated rings. The molecule has 1 saturated carbocycles. The summed E-state index contributed by atoms with van der Waals surface area (Å²) < 4.78 is 13.0. The van der Waals surface area contributed by atoms with Crippen molar-refractivity contribution >= 4 is 0 Å². The van der Waals surface area contributed by atoms with Gasteiger partial charge in [-0.2, -0.15) is 0 Å². The molecule has 1 aliphatic rings. The maximum absolute atomic E-state index is 13.0. The summed E-state index contributed by atoms with van der Waals surface area (Å²) in [4.78, 5) is 0. The molecule has 0 radical (unpaired) electrons. The highest BCUT2D eigenvalue weighted by atomic mass is 19.1. The summed E-state index contributed by atoms with van der Waals surface area (Å²) in [7, 11) is 0. The summed E-state index contributed by atoms with van der Waals surface area (Å²) in [6, 6.07) is 7.47. The maximum Gasteiger partial charge on any atom is 0.123 e. The summed E-state index contributed by atoms with van der Waals surface area (Å²) in [5, 5.41) is 3.52. The van der Waals surface area contributed by atoms with E-state index < -0.39 is 0 Å². The van der Waals surface area contributed by atoms with Crippen LogP contribution in [0, 0.1) is 11.7 Å². The van der Waals surface area contributed by atoms with Crippen molar-refractivity contribution in [3.8, 4) is 0 Å². The predicted octanol–water partition coefficient (Wildman–Crippen LogP) is 3.49. The van der Waals surface area contributed by atoms with E-state index in [1.165, 1.54) is 31.7 Å². The second kappa shape index (κ2) is 5.44. The molecule has 0 atom stereocenters. The van der Waals surface area contributed by atoms with Gasteiger partial charge >= 0.3 is 0 Å². The minimum absolute atomic E-state index is 0.142. The molecule has 1 aromatic carbocycles. The lowest BCUT2D eigenvalue weighted by molar-refractivity contribution is 0.306. The monoisotopic (exact) mass is 221 g/mol. The van der Waals surface area contributed by atoms with Crippen molar-refractivity contribution in [3.63, 3.8) is 0 Å². The Morgan fingerprint density at radius 1 is 1.25 bits per heavy atom. The van der Waals surface area contributed by atoms with Gasteiger partial charge in [-0.05, 0) is 49.3 Å². The number of hydrogen-bond donors (Lipinski definition) is 1. The number of benzene rings is 1. The van der Waals surface area contributed by atoms with Crippen LogP contribution < -0.4 is 5.32 Å². The molecule has 2 rings (SSSR count). The Hall–Kier alpha value is -0.890. The molecule has 0 saturated heterocycles. The molecule has 0 aliphatic heterocycles. The van der Waals surface area contributed by atoms with Crippen molar-refractivity contribution in [1.29, 1.82) is 0 Å². The van der Waals surface area contributed by atoms with E-state index >= 15 is 0 Å². The Morgan fingerprint density at radius 3 is 2.69 bits per heavy atom. The summed E-state index contributed by atoms with van der Waals surface area (Å²) in [5.74, 6) is 0.740. The van der Waals surface area contributed by atoms with E-state index in [1.54, 1.807) is 12.1 Å². The average Bonchev–Trinajstić information content (AvgIpc) is 2.28. The molecular formula is C14H20FN. The van der Waals surface area contributed by atoms with Gasteiger partial charge < -0.3 is 5.32 Å². The predicted molar refractivity (Wildman–Crippen MR) is 64.7 cm³/mol. The molecule has 1 aromatic rings. The number of hydrogen-bond acceptors (Lipinski definition) is 1. The smallest absolute Gasteiger partial charge is 0.123 e. The Kier molecular flexibility index (Phi) is 3.94. The van der Waals surface area contributed by atoms with Gasteiger partial charge in [-0.1, -0.05) is 19.1 Å². The van der Waals surface area contributed by atoms with Crippen LogP contribution in [0.1, 0.15) is 38.2 Å². The third kappa shape index (κ3) is 3.31. The molecule has 0 spiro atoms. The Morgan fingerprint density at radius 2 is 2.00 bits per heavy atom. The third-order valence-corrected chi connectivity index (χ3v) is 3.50. The molecule has 2 heteroatoms. The van der Waals surface area contributed by atoms with E-state index in [2.05, 4.69) is 12.2 Å². The van der Waals surface area contributed by atoms with Gasteiger partial charge in [0, 0.05) is 12.6 Å². The molecule has 1 aliphatic carbocycles. The van der Waals surface area contributed by atoms with Gasteiger partial charge in [0.1, 0.15) is 5.82 Å². The van der Waals surface area contributed by atoms with Gasteiger partial charge in [-0.3, -0.25) is 0 Å². The van der Waals surface area contributed by atoms with Crippen LogP contribution in [0.3, 0.4) is 0 Å². The van der Waals surface area contributed by atoms with E-state index in [0.29, 0.717) is 6.04 Å². The summed E-state index contributed by atoms with van der Waals surface area (Å²) in [6.07, 6.45) is 5.16. The molecule has 0 amide bonds. The normalized spacial score (nSPS) is 25.6. The van der Waals surface area contributed by atoms with Crippen molar-refractivity contribution in [2.45, 2.75) is 45.2 Å². The second-order valence-electron chi connectivity index (χ2n) is 4.97. The zero-order valence-electron chi connectivity index (χ0n) is 9.88. The number of rotatable bonds is 3. The summed E-state index contributed by atoms with van der Waals surface area (Å²) in [5.41, 5.74) is 1.04. The number of halogens is 1. The average molecular weight is 221 g/mol. The van der Waals surface area contributed by atoms with E-state index in [0.717, 1.165) is 18.0 Å². The fraction of sp³-hybridized carbons (Fsp3) is 0.571. The van der Waals surface area contributed by atoms with Crippen LogP contribution in [-0.4, -0.2) is 6.04 Å². The fourth-order valence-corrected chi connectivity index (χ4v) is 2.37. The molecule has 0 aromatic heterocycles. The van der Waals surface area contributed by atoms with Crippen molar-refractivity contribution in [1.82, 2.24) is 5.32 Å². The lowest BCUT2D eigenvalue weighted by Crippen LogP contribution is -2.32. The molecule has 0 unspecified atom stereocenters. The first-order chi connectivity index (χ1) is 7.74. The van der Waals surface area contributed by atoms with Crippen LogP contribution in [0.4, 0.5) is 4.39 Å². The first-order valence-corrected chi connectivity index (χ1v) is 6.22. The summed E-state index contributed by atoms with van der Waals surface area (Å²) >= 11 is 0. The lowest BCUT2D eigenvalue weighted by Gasteiger charge is -2.27. The van der Waals surface area contributed by atoms with Crippen LogP contribution in [0.25, 0.3) is 0 Å². The van der Waals surface area contributed by atoms with Crippen LogP contribution in [0.5, 0.6) is 0 Å². The van der Waals surface area contributed by atoms with Crippen molar-refractivity contribution in [2.75, 3.05) is 0 Å². The van der Waals surface area contributed by atoms with Gasteiger partial charge in [-0.15, -0.1) is 0 Å². The van der Waals surface area contributed by atoms with Crippen molar-refractivity contribution < 1.29 is 4.39 Å². The SMILES string of the molecule is CC1CCC(NCc2cccc(F)c2)CC1. The molecule has 0 bridgehead atoms. The van der Waals surface area contributed by atoms with Crippen LogP contribution in [0.15, 0.2) is 24.3 Å². The van der Waals surface area contributed by atoms with Crippen LogP contribution >= 0.6 is 0 Å². The zero-order valence-corrected chi connectivity index (χ0v) is 9.88. The molecule has 16 heavy (non-hydrogen) atoms. The highest BCUT2D eigenvalue weighted by Gasteiger charge is 2.17. The quantitative estimate of drug-likeness (QED) is 0.823. The largest absolute Gasteiger partial charge is 0.310 e. The molecule has 1 N–H and O–H groups in total. The third-order valence-electron chi connectivity index (χ3n) is 3.50. The van der Waals surface area contributed by atoms with Crippen molar-refractivity contribution in [2.24, 2.45) is 5.92 Å². The minimum Gasteiger partial charge on any atom is -0.310 e. The zero-order chi connectivity index (χ0) is 11.4. The van der Waals surface area contributed by atoms with E-state index in [1.807, 2.05) is 6.07 Å². The minimum atomic E-state index is -0.142. The van der Waals surface area contributed by atoms with Gasteiger partial charge in [-0.25, -0.2) is 4.39 Å². The van der Waals surface area contributed by atoms with Gasteiger partial charge in [0.05, 0.1) is 0 Å². The first kappa shape index (κ1) is 11.6. The number of nitrogens with one attached hydrogen (secondary N) is 1. The van der Waals surface area contributed by atoms with Crippen LogP contribution in [0.2, 0.25) is 0 Å². The van der Waals surface area contributed by atoms with Gasteiger partial charge in [0.15, 0.2) is 0 Å². The van der Waals surface area contributed by atoms with E-state index in [-0.39, 0.29) is 5.82 Å². The molecule has 88 valence electrons. The topological polar surface area (TPSA) is 12.0 Å². The Bertz CT molecular complexity index is 329. The Balaban J connectivity index is 1.79. The van der Waals surface area contributed by atoms with Gasteiger partial charge in [0.25, 0.3) is 0 Å². The van der Waals surface area contributed by atoms with E-state index in [9.17, 15) is 4.39 Å². The lowest BCUT2D eigenvalue weighted by atomic mass is 9.87. The summed E-state index contributed by atoms with van der Waals surface area (Å²) in [6.45, 7) is 3.11. The van der Waals surface area contributed by atoms with Crippen LogP contribution in [-0.2, 0) is 6.54 Å². The maximum atomic E-state index is 13.0. The molecule has 1 nitrogen and oxygen atoms in total. The molecular weight excluding hydrogens is 201 g/mol. The highest BCUT2D eigenvalue weighted by Crippen LogP contribution is 2.23. The second-order valence-corrected chi connectivity index (χ2v) is 4.97. The molecule has 0 heterocycles. The van der Waals surface area contributed by atoms with Gasteiger partial charge in [0.2, 0.25) is 0 Å². The van der Waals surface area contributed by atoms with Crippen molar-refractivity contribution in [3.05, 3.63) is 35.6 Å². The Labute approximate surface area is 97.1 Å². The first-order valence-electron chi connectivity index (χ1n) is 6.22. The standard InChI is InChI=1S/C14H20FN/c1-11-5-7-14(8-6-11)16-10-12-3-2-4-13(15)9-12/h2-4,9,11,14,16H,5-8,10H2,1H3.